The van der Waals surface area contributed by atoms with E-state index >= 15 is 0 Å². The van der Waals surface area contributed by atoms with Crippen molar-refractivity contribution in [1.82, 2.24) is 30.1 Å². The van der Waals surface area contributed by atoms with Crippen LogP contribution in [0, 0.1) is 26.7 Å². The largest absolute Gasteiger partial charge is 0.416 e. The number of benzene rings is 3. The zero-order chi connectivity index (χ0) is 27.6. The maximum Gasteiger partial charge on any atom is 0.253 e. The standard InChI is InChI=1S/C31H31N7O2/c1-20-6-4-9-26(14-20)30-35-34-29(40-30)24-10-12-25(13-11-24)31(39)37-16-23(17-37)18-38-19-27(33-36-38)15-32-28-21(2)7-5-8-22(28)3/h4-14,19,23,32H,15-18H2,1-3H3. The van der Waals surface area contributed by atoms with E-state index in [1.165, 1.54) is 11.1 Å². The SMILES string of the molecule is Cc1cccc(-c2nnc(-c3ccc(C(=O)N4CC(Cn5cc(CNc6c(C)cccc6C)nn5)C4)cc3)o2)c1. The van der Waals surface area contributed by atoms with E-state index in [9.17, 15) is 4.79 Å². The summed E-state index contributed by atoms with van der Waals surface area (Å²) in [5.74, 6) is 1.27. The van der Waals surface area contributed by atoms with Crippen LogP contribution in [0.5, 0.6) is 0 Å². The molecule has 9 nitrogen and oxygen atoms in total. The number of amides is 1. The van der Waals surface area contributed by atoms with Gasteiger partial charge in [0.25, 0.3) is 5.91 Å². The molecular formula is C31H31N7O2. The lowest BCUT2D eigenvalue weighted by Crippen LogP contribution is -2.51. The van der Waals surface area contributed by atoms with E-state index in [0.29, 0.717) is 42.9 Å². The number of carbonyl (C=O) groups is 1. The van der Waals surface area contributed by atoms with Crippen molar-refractivity contribution in [3.05, 3.63) is 101 Å². The molecule has 0 spiro atoms. The topological polar surface area (TPSA) is 102 Å². The second-order valence-corrected chi connectivity index (χ2v) is 10.5. The number of para-hydroxylation sites is 1. The summed E-state index contributed by atoms with van der Waals surface area (Å²) in [7, 11) is 0. The molecule has 9 heteroatoms. The number of nitrogens with zero attached hydrogens (tertiary/aromatic N) is 6. The Bertz CT molecular complexity index is 1630. The number of carbonyl (C=O) groups excluding carboxylic acids is 1. The molecule has 6 rings (SSSR count). The van der Waals surface area contributed by atoms with E-state index in [2.05, 4.69) is 57.9 Å². The molecule has 0 radical (unpaired) electrons. The Hall–Kier alpha value is -4.79. The van der Waals surface area contributed by atoms with Crippen LogP contribution in [0.25, 0.3) is 22.9 Å². The highest BCUT2D eigenvalue weighted by Crippen LogP contribution is 2.26. The average molecular weight is 534 g/mol. The lowest BCUT2D eigenvalue weighted by atomic mass is 9.98. The fraction of sp³-hybridized carbons (Fsp3) is 0.258. The first-order valence-electron chi connectivity index (χ1n) is 13.4. The van der Waals surface area contributed by atoms with Crippen LogP contribution in [-0.4, -0.2) is 49.1 Å². The molecule has 202 valence electrons. The molecule has 1 fully saturated rings. The zero-order valence-electron chi connectivity index (χ0n) is 22.8. The molecule has 0 atom stereocenters. The third-order valence-corrected chi connectivity index (χ3v) is 7.27. The van der Waals surface area contributed by atoms with Crippen LogP contribution < -0.4 is 5.32 Å². The van der Waals surface area contributed by atoms with E-state index in [1.807, 2.05) is 71.2 Å². The Morgan fingerprint density at radius 2 is 1.60 bits per heavy atom. The van der Waals surface area contributed by atoms with Crippen molar-refractivity contribution >= 4 is 11.6 Å². The highest BCUT2D eigenvalue weighted by molar-refractivity contribution is 5.95. The van der Waals surface area contributed by atoms with Crippen molar-refractivity contribution in [2.75, 3.05) is 18.4 Å². The minimum atomic E-state index is 0.0193. The lowest BCUT2D eigenvalue weighted by molar-refractivity contribution is 0.0460. The molecule has 5 aromatic rings. The molecule has 1 amide bonds. The molecule has 1 N–H and O–H groups in total. The number of hydrogen-bond donors (Lipinski definition) is 1. The number of aromatic nitrogens is 5. The second kappa shape index (κ2) is 10.8. The highest BCUT2D eigenvalue weighted by atomic mass is 16.4. The van der Waals surface area contributed by atoms with Gasteiger partial charge in [0.2, 0.25) is 11.8 Å². The van der Waals surface area contributed by atoms with Crippen LogP contribution in [0.2, 0.25) is 0 Å². The molecule has 0 saturated carbocycles. The number of hydrogen-bond acceptors (Lipinski definition) is 7. The van der Waals surface area contributed by atoms with Gasteiger partial charge in [-0.1, -0.05) is 41.1 Å². The number of rotatable bonds is 8. The predicted octanol–water partition coefficient (Wildman–Crippen LogP) is 5.30. The molecule has 1 saturated heterocycles. The zero-order valence-corrected chi connectivity index (χ0v) is 22.8. The van der Waals surface area contributed by atoms with E-state index in [-0.39, 0.29) is 5.91 Å². The van der Waals surface area contributed by atoms with Crippen molar-refractivity contribution in [3.63, 3.8) is 0 Å². The summed E-state index contributed by atoms with van der Waals surface area (Å²) in [5, 5.41) is 20.4. The van der Waals surface area contributed by atoms with Crippen molar-refractivity contribution in [1.29, 1.82) is 0 Å². The first-order chi connectivity index (χ1) is 19.4. The third-order valence-electron chi connectivity index (χ3n) is 7.27. The Balaban J connectivity index is 1.00. The molecule has 40 heavy (non-hydrogen) atoms. The fourth-order valence-electron chi connectivity index (χ4n) is 5.07. The summed E-state index contributed by atoms with van der Waals surface area (Å²) in [4.78, 5) is 14.9. The molecule has 0 unspecified atom stereocenters. The number of aryl methyl sites for hydroxylation is 3. The van der Waals surface area contributed by atoms with Crippen molar-refractivity contribution in [3.8, 4) is 22.9 Å². The van der Waals surface area contributed by atoms with Crippen LogP contribution >= 0.6 is 0 Å². The van der Waals surface area contributed by atoms with E-state index < -0.39 is 0 Å². The number of nitrogens with one attached hydrogen (secondary N) is 1. The van der Waals surface area contributed by atoms with Crippen molar-refractivity contribution in [2.45, 2.75) is 33.9 Å². The Morgan fingerprint density at radius 1 is 0.900 bits per heavy atom. The molecule has 1 aliphatic rings. The summed E-state index contributed by atoms with van der Waals surface area (Å²) in [6, 6.07) is 21.5. The van der Waals surface area contributed by atoms with Gasteiger partial charge in [0.15, 0.2) is 0 Å². The van der Waals surface area contributed by atoms with Gasteiger partial charge >= 0.3 is 0 Å². The number of likely N-dealkylation sites (tertiary alicyclic amines) is 1. The molecule has 0 aliphatic carbocycles. The van der Waals surface area contributed by atoms with Gasteiger partial charge < -0.3 is 14.6 Å². The summed E-state index contributed by atoms with van der Waals surface area (Å²) in [6.45, 7) is 8.96. The Morgan fingerprint density at radius 3 is 2.33 bits per heavy atom. The summed E-state index contributed by atoms with van der Waals surface area (Å²) < 4.78 is 7.75. The third kappa shape index (κ3) is 5.36. The van der Waals surface area contributed by atoms with Gasteiger partial charge in [-0.05, 0) is 68.3 Å². The van der Waals surface area contributed by atoms with Gasteiger partial charge in [0.1, 0.15) is 5.69 Å². The molecule has 0 bridgehead atoms. The average Bonchev–Trinajstić information content (AvgIpc) is 3.60. The van der Waals surface area contributed by atoms with Gasteiger partial charge in [0, 0.05) is 47.9 Å². The van der Waals surface area contributed by atoms with E-state index in [1.54, 1.807) is 0 Å². The minimum Gasteiger partial charge on any atom is -0.416 e. The molecule has 3 aromatic carbocycles. The first-order valence-corrected chi connectivity index (χ1v) is 13.4. The maximum absolute atomic E-state index is 13.0. The van der Waals surface area contributed by atoms with Crippen molar-refractivity contribution < 1.29 is 9.21 Å². The quantitative estimate of drug-likeness (QED) is 0.289. The molecule has 2 aromatic heterocycles. The van der Waals surface area contributed by atoms with E-state index in [0.717, 1.165) is 34.6 Å². The molecule has 1 aliphatic heterocycles. The lowest BCUT2D eigenvalue weighted by Gasteiger charge is -2.39. The predicted molar refractivity (Wildman–Crippen MR) is 153 cm³/mol. The fourth-order valence-corrected chi connectivity index (χ4v) is 5.07. The van der Waals surface area contributed by atoms with Crippen LogP contribution in [0.15, 0.2) is 77.3 Å². The summed E-state index contributed by atoms with van der Waals surface area (Å²) in [5.41, 5.74) is 7.88. The molecular weight excluding hydrogens is 502 g/mol. The smallest absolute Gasteiger partial charge is 0.253 e. The van der Waals surface area contributed by atoms with Crippen LogP contribution in [0.3, 0.4) is 0 Å². The van der Waals surface area contributed by atoms with Crippen LogP contribution in [0.1, 0.15) is 32.7 Å². The Kier molecular flexibility index (Phi) is 6.86. The van der Waals surface area contributed by atoms with E-state index in [4.69, 9.17) is 4.42 Å². The monoisotopic (exact) mass is 533 g/mol. The highest BCUT2D eigenvalue weighted by Gasteiger charge is 2.31. The van der Waals surface area contributed by atoms with Gasteiger partial charge in [-0.25, -0.2) is 0 Å². The van der Waals surface area contributed by atoms with Gasteiger partial charge in [-0.2, -0.15) is 0 Å². The summed E-state index contributed by atoms with van der Waals surface area (Å²) >= 11 is 0. The van der Waals surface area contributed by atoms with Gasteiger partial charge in [-0.3, -0.25) is 9.48 Å². The minimum absolute atomic E-state index is 0.0193. The summed E-state index contributed by atoms with van der Waals surface area (Å²) in [6.07, 6.45) is 1.98. The van der Waals surface area contributed by atoms with Gasteiger partial charge in [-0.15, -0.1) is 15.3 Å². The van der Waals surface area contributed by atoms with Crippen molar-refractivity contribution in [2.24, 2.45) is 5.92 Å². The Labute approximate surface area is 232 Å². The van der Waals surface area contributed by atoms with Crippen LogP contribution in [-0.2, 0) is 13.1 Å². The van der Waals surface area contributed by atoms with Crippen LogP contribution in [0.4, 0.5) is 5.69 Å². The van der Waals surface area contributed by atoms with Gasteiger partial charge in [0.05, 0.1) is 12.7 Å². The maximum atomic E-state index is 13.0. The second-order valence-electron chi connectivity index (χ2n) is 10.5. The normalized spacial score (nSPS) is 13.3. The number of anilines is 1. The first kappa shape index (κ1) is 25.5. The molecule has 3 heterocycles.